The molecule has 2 saturated carbocycles. The van der Waals surface area contributed by atoms with E-state index in [-0.39, 0.29) is 59.3 Å². The Bertz CT molecular complexity index is 1100. The number of amides is 2. The van der Waals surface area contributed by atoms with Gasteiger partial charge in [0.2, 0.25) is 5.91 Å². The average Bonchev–Trinajstić information content (AvgIpc) is 3.31. The zero-order valence-corrected chi connectivity index (χ0v) is 17.3. The molecule has 3 fully saturated rings. The van der Waals surface area contributed by atoms with Gasteiger partial charge in [0.1, 0.15) is 12.2 Å². The molecule has 0 bridgehead atoms. The first-order chi connectivity index (χ1) is 14.6. The number of nitrogens with zero attached hydrogens (tertiary/aromatic N) is 4. The summed E-state index contributed by atoms with van der Waals surface area (Å²) in [6, 6.07) is 1.86. The van der Waals surface area contributed by atoms with Gasteiger partial charge in [-0.3, -0.25) is 9.59 Å². The minimum atomic E-state index is -4.70. The fourth-order valence-corrected chi connectivity index (χ4v) is 5.20. The number of carbonyl (C=O) groups is 2. The Morgan fingerprint density at radius 2 is 2.00 bits per heavy atom. The zero-order valence-electron chi connectivity index (χ0n) is 16.6. The van der Waals surface area contributed by atoms with Crippen LogP contribution >= 0.6 is 11.6 Å². The molecule has 7 nitrogen and oxygen atoms in total. The second-order valence-corrected chi connectivity index (χ2v) is 9.03. The van der Waals surface area contributed by atoms with E-state index in [0.717, 1.165) is 18.9 Å². The van der Waals surface area contributed by atoms with Crippen LogP contribution in [0.25, 0.3) is 5.52 Å². The Labute approximate surface area is 180 Å². The van der Waals surface area contributed by atoms with Crippen molar-refractivity contribution in [3.63, 3.8) is 0 Å². The van der Waals surface area contributed by atoms with E-state index < -0.39 is 23.9 Å². The van der Waals surface area contributed by atoms with E-state index >= 15 is 0 Å². The van der Waals surface area contributed by atoms with Gasteiger partial charge >= 0.3 is 6.18 Å². The van der Waals surface area contributed by atoms with Crippen molar-refractivity contribution in [3.05, 3.63) is 34.1 Å². The van der Waals surface area contributed by atoms with Crippen LogP contribution < -0.4 is 0 Å². The van der Waals surface area contributed by atoms with Gasteiger partial charge in [-0.1, -0.05) is 11.6 Å². The molecule has 4 unspecified atom stereocenters. The van der Waals surface area contributed by atoms with Gasteiger partial charge in [-0.2, -0.15) is 18.3 Å². The van der Waals surface area contributed by atoms with Crippen LogP contribution in [-0.2, 0) is 11.0 Å². The monoisotopic (exact) mass is 456 g/mol. The summed E-state index contributed by atoms with van der Waals surface area (Å²) in [4.78, 5) is 28.7. The van der Waals surface area contributed by atoms with Crippen LogP contribution in [0, 0.1) is 18.8 Å². The summed E-state index contributed by atoms with van der Waals surface area (Å²) in [5.41, 5.74) is -0.872. The highest BCUT2D eigenvalue weighted by Gasteiger charge is 2.55. The van der Waals surface area contributed by atoms with E-state index in [9.17, 15) is 27.9 Å². The molecule has 0 radical (unpaired) electrons. The number of carbonyl (C=O) groups excluding carboxylic acids is 2. The molecule has 1 aliphatic heterocycles. The van der Waals surface area contributed by atoms with Crippen LogP contribution in [0.1, 0.15) is 34.6 Å². The number of fused-ring (bicyclic) bond motifs is 2. The average molecular weight is 457 g/mol. The molecule has 2 aromatic heterocycles. The highest BCUT2D eigenvalue weighted by molar-refractivity contribution is 6.31. The number of aromatic nitrogens is 2. The molecule has 4 atom stereocenters. The number of aliphatic hydroxyl groups is 1. The van der Waals surface area contributed by atoms with Gasteiger partial charge in [-0.05, 0) is 43.7 Å². The molecule has 166 valence electrons. The summed E-state index contributed by atoms with van der Waals surface area (Å²) in [6.07, 6.45) is -3.45. The molecular weight excluding hydrogens is 437 g/mol. The largest absolute Gasteiger partial charge is 0.433 e. The Hall–Kier alpha value is -2.33. The molecule has 2 amide bonds. The van der Waals surface area contributed by atoms with E-state index in [1.807, 2.05) is 0 Å². The van der Waals surface area contributed by atoms with Gasteiger partial charge in [-0.15, -0.1) is 0 Å². The van der Waals surface area contributed by atoms with Crippen LogP contribution in [0.2, 0.25) is 5.02 Å². The number of piperazine rings is 1. The van der Waals surface area contributed by atoms with Crippen LogP contribution in [0.4, 0.5) is 13.2 Å². The standard InChI is InChI=1S/C20H20ClF3N4O3/c1-9-13-6-11(21)7-15(20(22,23)24)28(13)25-17(9)19(31)26-2-3-27(16(29)8-26)14-5-10-4-12(10)18(14)30/h6-7,10,12,14,18,30H,2-5,8H2,1H3. The molecule has 2 aromatic rings. The Balaban J connectivity index is 1.39. The third-order valence-corrected chi connectivity index (χ3v) is 6.96. The molecular formula is C20H20ClF3N4O3. The Morgan fingerprint density at radius 1 is 1.26 bits per heavy atom. The fraction of sp³-hybridized carbons (Fsp3) is 0.550. The lowest BCUT2D eigenvalue weighted by atomic mass is 10.1. The molecule has 5 rings (SSSR count). The van der Waals surface area contributed by atoms with E-state index in [1.165, 1.54) is 17.9 Å². The number of hydrogen-bond donors (Lipinski definition) is 1. The molecule has 1 saturated heterocycles. The van der Waals surface area contributed by atoms with Crippen molar-refractivity contribution in [1.29, 1.82) is 0 Å². The summed E-state index contributed by atoms with van der Waals surface area (Å²) >= 11 is 5.85. The molecule has 11 heteroatoms. The summed E-state index contributed by atoms with van der Waals surface area (Å²) in [5.74, 6) is -0.130. The highest BCUT2D eigenvalue weighted by Crippen LogP contribution is 2.53. The van der Waals surface area contributed by atoms with Crippen LogP contribution in [-0.4, -0.2) is 68.1 Å². The maximum absolute atomic E-state index is 13.4. The lowest BCUT2D eigenvalue weighted by molar-refractivity contribution is -0.142. The molecule has 1 N–H and O–H groups in total. The van der Waals surface area contributed by atoms with Crippen molar-refractivity contribution >= 4 is 28.9 Å². The summed E-state index contributed by atoms with van der Waals surface area (Å²) in [5, 5.41) is 14.2. The van der Waals surface area contributed by atoms with Crippen molar-refractivity contribution in [1.82, 2.24) is 19.4 Å². The van der Waals surface area contributed by atoms with Crippen molar-refractivity contribution < 1.29 is 27.9 Å². The first-order valence-corrected chi connectivity index (χ1v) is 10.5. The third-order valence-electron chi connectivity index (χ3n) is 6.74. The van der Waals surface area contributed by atoms with Gasteiger partial charge in [0, 0.05) is 23.7 Å². The first-order valence-electron chi connectivity index (χ1n) is 10.1. The maximum Gasteiger partial charge on any atom is 0.433 e. The topological polar surface area (TPSA) is 78.2 Å². The molecule has 3 aliphatic rings. The summed E-state index contributed by atoms with van der Waals surface area (Å²) in [6.45, 7) is 1.81. The third kappa shape index (κ3) is 3.27. The number of aliphatic hydroxyl groups excluding tert-OH is 1. The number of pyridine rings is 1. The second-order valence-electron chi connectivity index (χ2n) is 8.59. The van der Waals surface area contributed by atoms with Crippen molar-refractivity contribution in [2.24, 2.45) is 11.8 Å². The van der Waals surface area contributed by atoms with Crippen LogP contribution in [0.3, 0.4) is 0 Å². The predicted octanol–water partition coefficient (Wildman–Crippen LogP) is 2.37. The van der Waals surface area contributed by atoms with Gasteiger partial charge in [0.25, 0.3) is 5.91 Å². The van der Waals surface area contributed by atoms with Gasteiger partial charge < -0.3 is 14.9 Å². The van der Waals surface area contributed by atoms with E-state index in [2.05, 4.69) is 5.10 Å². The van der Waals surface area contributed by atoms with Crippen LogP contribution in [0.15, 0.2) is 12.1 Å². The highest BCUT2D eigenvalue weighted by atomic mass is 35.5. The van der Waals surface area contributed by atoms with Gasteiger partial charge in [0.15, 0.2) is 5.69 Å². The fourth-order valence-electron chi connectivity index (χ4n) is 5.00. The Morgan fingerprint density at radius 3 is 2.61 bits per heavy atom. The smallest absolute Gasteiger partial charge is 0.391 e. The number of hydrogen-bond acceptors (Lipinski definition) is 4. The minimum absolute atomic E-state index is 0.0847. The molecule has 31 heavy (non-hydrogen) atoms. The number of alkyl halides is 3. The lowest BCUT2D eigenvalue weighted by Crippen LogP contribution is -2.57. The van der Waals surface area contributed by atoms with Crippen molar-refractivity contribution in [2.45, 2.75) is 38.1 Å². The summed E-state index contributed by atoms with van der Waals surface area (Å²) < 4.78 is 40.9. The van der Waals surface area contributed by atoms with Gasteiger partial charge in [-0.25, -0.2) is 4.52 Å². The van der Waals surface area contributed by atoms with Crippen LogP contribution in [0.5, 0.6) is 0 Å². The molecule has 0 spiro atoms. The van der Waals surface area contributed by atoms with Crippen molar-refractivity contribution in [3.8, 4) is 0 Å². The van der Waals surface area contributed by atoms with E-state index in [1.54, 1.807) is 4.90 Å². The van der Waals surface area contributed by atoms with E-state index in [4.69, 9.17) is 11.6 Å². The normalized spacial score (nSPS) is 28.4. The SMILES string of the molecule is Cc1c(C(=O)N2CCN(C3CC4CC4C3O)C(=O)C2)nn2c(C(F)(F)F)cc(Cl)cc12. The number of rotatable bonds is 2. The van der Waals surface area contributed by atoms with Crippen molar-refractivity contribution in [2.75, 3.05) is 19.6 Å². The predicted molar refractivity (Wildman–Crippen MR) is 104 cm³/mol. The lowest BCUT2D eigenvalue weighted by Gasteiger charge is -2.39. The zero-order chi connectivity index (χ0) is 22.2. The Kier molecular flexibility index (Phi) is 4.53. The first kappa shape index (κ1) is 20.6. The van der Waals surface area contributed by atoms with Gasteiger partial charge in [0.05, 0.1) is 17.7 Å². The maximum atomic E-state index is 13.4. The summed E-state index contributed by atoms with van der Waals surface area (Å²) in [7, 11) is 0. The second kappa shape index (κ2) is 6.83. The quantitative estimate of drug-likeness (QED) is 0.752. The number of halogens is 4. The minimum Gasteiger partial charge on any atom is -0.391 e. The van der Waals surface area contributed by atoms with E-state index in [0.29, 0.717) is 10.4 Å². The molecule has 2 aliphatic carbocycles. The molecule has 3 heterocycles. The number of aryl methyl sites for hydroxylation is 1. The molecule has 0 aromatic carbocycles.